The molecule has 2 rings (SSSR count). The van der Waals surface area contributed by atoms with Crippen molar-refractivity contribution in [1.82, 2.24) is 15.5 Å². The second-order valence-electron chi connectivity index (χ2n) is 6.60. The fourth-order valence-corrected chi connectivity index (χ4v) is 2.92. The highest BCUT2D eigenvalue weighted by Gasteiger charge is 2.10. The fourth-order valence-electron chi connectivity index (χ4n) is 2.92. The van der Waals surface area contributed by atoms with Gasteiger partial charge < -0.3 is 10.1 Å². The van der Waals surface area contributed by atoms with Crippen LogP contribution in [-0.4, -0.2) is 23.3 Å². The Labute approximate surface area is 152 Å². The van der Waals surface area contributed by atoms with Gasteiger partial charge in [-0.3, -0.25) is 5.10 Å². The SMILES string of the molecule is CCCCCCCCOc1ccc(-c2n[nH]c(CNCC)c2C)cc1. The number of aromatic nitrogens is 2. The van der Waals surface area contributed by atoms with Crippen molar-refractivity contribution in [2.75, 3.05) is 13.2 Å². The monoisotopic (exact) mass is 343 g/mol. The molecule has 2 aromatic rings. The predicted molar refractivity (Wildman–Crippen MR) is 105 cm³/mol. The Morgan fingerprint density at radius 1 is 1.00 bits per heavy atom. The molecule has 0 radical (unpaired) electrons. The van der Waals surface area contributed by atoms with E-state index in [1.807, 2.05) is 12.1 Å². The van der Waals surface area contributed by atoms with E-state index in [1.54, 1.807) is 0 Å². The highest BCUT2D eigenvalue weighted by molar-refractivity contribution is 5.64. The lowest BCUT2D eigenvalue weighted by Crippen LogP contribution is -2.12. The third kappa shape index (κ3) is 6.20. The summed E-state index contributed by atoms with van der Waals surface area (Å²) in [4.78, 5) is 0. The average molecular weight is 344 g/mol. The van der Waals surface area contributed by atoms with Crippen LogP contribution < -0.4 is 10.1 Å². The van der Waals surface area contributed by atoms with E-state index in [1.165, 1.54) is 37.7 Å². The second kappa shape index (κ2) is 10.9. The van der Waals surface area contributed by atoms with Gasteiger partial charge in [0.2, 0.25) is 0 Å². The third-order valence-corrected chi connectivity index (χ3v) is 4.56. The Morgan fingerprint density at radius 3 is 2.44 bits per heavy atom. The molecule has 4 nitrogen and oxygen atoms in total. The molecular weight excluding hydrogens is 310 g/mol. The van der Waals surface area contributed by atoms with Gasteiger partial charge in [-0.1, -0.05) is 46.0 Å². The van der Waals surface area contributed by atoms with Gasteiger partial charge in [0, 0.05) is 12.1 Å². The summed E-state index contributed by atoms with van der Waals surface area (Å²) in [5, 5.41) is 10.9. The van der Waals surface area contributed by atoms with E-state index in [9.17, 15) is 0 Å². The van der Waals surface area contributed by atoms with Gasteiger partial charge in [-0.25, -0.2) is 0 Å². The van der Waals surface area contributed by atoms with Crippen molar-refractivity contribution in [3.05, 3.63) is 35.5 Å². The molecule has 0 saturated carbocycles. The van der Waals surface area contributed by atoms with Crippen LogP contribution in [0.4, 0.5) is 0 Å². The van der Waals surface area contributed by atoms with E-state index in [0.29, 0.717) is 0 Å². The van der Waals surface area contributed by atoms with Crippen molar-refractivity contribution >= 4 is 0 Å². The smallest absolute Gasteiger partial charge is 0.119 e. The number of hydrogen-bond donors (Lipinski definition) is 2. The summed E-state index contributed by atoms with van der Waals surface area (Å²) in [6.07, 6.45) is 7.73. The zero-order valence-electron chi connectivity index (χ0n) is 16.0. The van der Waals surface area contributed by atoms with Crippen molar-refractivity contribution in [3.63, 3.8) is 0 Å². The van der Waals surface area contributed by atoms with Crippen LogP contribution in [-0.2, 0) is 6.54 Å². The number of H-pyrrole nitrogens is 1. The first kappa shape index (κ1) is 19.5. The minimum absolute atomic E-state index is 0.805. The van der Waals surface area contributed by atoms with Crippen LogP contribution in [0.2, 0.25) is 0 Å². The van der Waals surface area contributed by atoms with Gasteiger partial charge in [-0.05, 0) is 49.7 Å². The largest absolute Gasteiger partial charge is 0.494 e. The summed E-state index contributed by atoms with van der Waals surface area (Å²) in [7, 11) is 0. The molecule has 0 unspecified atom stereocenters. The standard InChI is InChI=1S/C21H33N3O/c1-4-6-7-8-9-10-15-25-19-13-11-18(12-14-19)21-17(3)20(23-24-21)16-22-5-2/h11-14,22H,4-10,15-16H2,1-3H3,(H,23,24). The van der Waals surface area contributed by atoms with E-state index >= 15 is 0 Å². The molecule has 0 spiro atoms. The Balaban J connectivity index is 1.81. The molecule has 0 aliphatic rings. The van der Waals surface area contributed by atoms with Crippen molar-refractivity contribution in [2.24, 2.45) is 0 Å². The highest BCUT2D eigenvalue weighted by Crippen LogP contribution is 2.25. The number of nitrogens with one attached hydrogen (secondary N) is 2. The van der Waals surface area contributed by atoms with Crippen molar-refractivity contribution in [3.8, 4) is 17.0 Å². The minimum atomic E-state index is 0.805. The molecule has 0 saturated heterocycles. The van der Waals surface area contributed by atoms with Gasteiger partial charge in [0.05, 0.1) is 18.0 Å². The van der Waals surface area contributed by atoms with Gasteiger partial charge in [0.1, 0.15) is 5.75 Å². The minimum Gasteiger partial charge on any atom is -0.494 e. The first-order valence-electron chi connectivity index (χ1n) is 9.74. The molecule has 0 aliphatic heterocycles. The number of nitrogens with zero attached hydrogens (tertiary/aromatic N) is 1. The molecule has 1 heterocycles. The molecule has 0 fully saturated rings. The zero-order valence-corrected chi connectivity index (χ0v) is 16.0. The average Bonchev–Trinajstić information content (AvgIpc) is 3.00. The van der Waals surface area contributed by atoms with Crippen LogP contribution in [0.15, 0.2) is 24.3 Å². The molecule has 1 aromatic heterocycles. The number of hydrogen-bond acceptors (Lipinski definition) is 3. The molecule has 25 heavy (non-hydrogen) atoms. The Morgan fingerprint density at radius 2 is 1.72 bits per heavy atom. The summed E-state index contributed by atoms with van der Waals surface area (Å²) in [5.41, 5.74) is 4.51. The Kier molecular flexibility index (Phi) is 8.53. The molecule has 138 valence electrons. The molecule has 1 aromatic carbocycles. The second-order valence-corrected chi connectivity index (χ2v) is 6.60. The van der Waals surface area contributed by atoms with Crippen LogP contribution >= 0.6 is 0 Å². The molecule has 2 N–H and O–H groups in total. The topological polar surface area (TPSA) is 49.9 Å². The molecular formula is C21H33N3O. The molecule has 4 heteroatoms. The quantitative estimate of drug-likeness (QED) is 0.519. The first-order chi connectivity index (χ1) is 12.3. The Bertz CT molecular complexity index is 604. The molecule has 0 bridgehead atoms. The van der Waals surface area contributed by atoms with Gasteiger partial charge >= 0.3 is 0 Å². The number of unbranched alkanes of at least 4 members (excludes halogenated alkanes) is 5. The van der Waals surface area contributed by atoms with Crippen LogP contribution in [0.1, 0.15) is 63.6 Å². The maximum atomic E-state index is 5.85. The molecule has 0 atom stereocenters. The fraction of sp³-hybridized carbons (Fsp3) is 0.571. The lowest BCUT2D eigenvalue weighted by molar-refractivity contribution is 0.304. The number of benzene rings is 1. The van der Waals surface area contributed by atoms with Gasteiger partial charge in [-0.2, -0.15) is 5.10 Å². The zero-order chi connectivity index (χ0) is 17.9. The van der Waals surface area contributed by atoms with E-state index in [2.05, 4.69) is 48.4 Å². The highest BCUT2D eigenvalue weighted by atomic mass is 16.5. The third-order valence-electron chi connectivity index (χ3n) is 4.56. The van der Waals surface area contributed by atoms with Crippen LogP contribution in [0.5, 0.6) is 5.75 Å². The maximum absolute atomic E-state index is 5.85. The van der Waals surface area contributed by atoms with Crippen LogP contribution in [0.3, 0.4) is 0 Å². The van der Waals surface area contributed by atoms with Crippen molar-refractivity contribution in [2.45, 2.75) is 65.8 Å². The summed E-state index contributed by atoms with van der Waals surface area (Å²) in [6.45, 7) is 9.07. The summed E-state index contributed by atoms with van der Waals surface area (Å²) >= 11 is 0. The van der Waals surface area contributed by atoms with Crippen LogP contribution in [0.25, 0.3) is 11.3 Å². The number of aromatic amines is 1. The van der Waals surface area contributed by atoms with E-state index in [0.717, 1.165) is 48.8 Å². The van der Waals surface area contributed by atoms with Gasteiger partial charge in [-0.15, -0.1) is 0 Å². The first-order valence-corrected chi connectivity index (χ1v) is 9.74. The van der Waals surface area contributed by atoms with E-state index in [-0.39, 0.29) is 0 Å². The molecule has 0 aliphatic carbocycles. The van der Waals surface area contributed by atoms with E-state index < -0.39 is 0 Å². The van der Waals surface area contributed by atoms with Crippen molar-refractivity contribution < 1.29 is 4.74 Å². The van der Waals surface area contributed by atoms with Gasteiger partial charge in [0.15, 0.2) is 0 Å². The van der Waals surface area contributed by atoms with Crippen LogP contribution in [0, 0.1) is 6.92 Å². The number of rotatable bonds is 12. The van der Waals surface area contributed by atoms with E-state index in [4.69, 9.17) is 4.74 Å². The Hall–Kier alpha value is -1.81. The molecule has 0 amide bonds. The maximum Gasteiger partial charge on any atom is 0.119 e. The normalized spacial score (nSPS) is 11.0. The lowest BCUT2D eigenvalue weighted by atomic mass is 10.1. The van der Waals surface area contributed by atoms with Crippen molar-refractivity contribution in [1.29, 1.82) is 0 Å². The summed E-state index contributed by atoms with van der Waals surface area (Å²) in [5.74, 6) is 0.943. The summed E-state index contributed by atoms with van der Waals surface area (Å²) < 4.78 is 5.85. The van der Waals surface area contributed by atoms with Gasteiger partial charge in [0.25, 0.3) is 0 Å². The summed E-state index contributed by atoms with van der Waals surface area (Å²) in [6, 6.07) is 8.28. The number of ether oxygens (including phenoxy) is 1. The predicted octanol–water partition coefficient (Wildman–Crippen LogP) is 5.23. The lowest BCUT2D eigenvalue weighted by Gasteiger charge is -2.07.